The summed E-state index contributed by atoms with van der Waals surface area (Å²) >= 11 is 0. The van der Waals surface area contributed by atoms with Gasteiger partial charge in [0.1, 0.15) is 0 Å². The first-order valence-corrected chi connectivity index (χ1v) is 6.71. The third kappa shape index (κ3) is 1.45. The summed E-state index contributed by atoms with van der Waals surface area (Å²) in [4.78, 5) is 0. The molecule has 0 saturated carbocycles. The van der Waals surface area contributed by atoms with Crippen LogP contribution in [0, 0.1) is 6.92 Å². The van der Waals surface area contributed by atoms with E-state index >= 15 is 0 Å². The normalized spacial score (nSPS) is 17.4. The molecule has 0 heteroatoms. The smallest absolute Gasteiger partial charge is 0.0105 e. The van der Waals surface area contributed by atoms with Crippen molar-refractivity contribution in [1.29, 1.82) is 0 Å². The van der Waals surface area contributed by atoms with Gasteiger partial charge in [0.2, 0.25) is 0 Å². The highest BCUT2D eigenvalue weighted by Crippen LogP contribution is 2.40. The molecule has 2 aromatic rings. The Morgan fingerprint density at radius 1 is 0.944 bits per heavy atom. The van der Waals surface area contributed by atoms with E-state index in [1.807, 2.05) is 0 Å². The minimum atomic E-state index is 0.172. The van der Waals surface area contributed by atoms with E-state index in [0.29, 0.717) is 0 Å². The molecular weight excluding hydrogens is 216 g/mol. The van der Waals surface area contributed by atoms with Crippen LogP contribution < -0.4 is 0 Å². The Bertz CT molecular complexity index is 657. The first-order chi connectivity index (χ1) is 8.51. The Morgan fingerprint density at radius 3 is 2.50 bits per heavy atom. The summed E-state index contributed by atoms with van der Waals surface area (Å²) in [6.07, 6.45) is 3.47. The molecule has 0 aromatic heterocycles. The summed E-state index contributed by atoms with van der Waals surface area (Å²) < 4.78 is 0. The van der Waals surface area contributed by atoms with Crippen LogP contribution >= 0.6 is 0 Å². The maximum atomic E-state index is 2.39. The van der Waals surface area contributed by atoms with Gasteiger partial charge in [0.05, 0.1) is 0 Å². The molecule has 0 spiro atoms. The second kappa shape index (κ2) is 3.71. The van der Waals surface area contributed by atoms with Crippen molar-refractivity contribution >= 4 is 10.8 Å². The molecule has 0 unspecified atom stereocenters. The minimum absolute atomic E-state index is 0.172. The molecule has 0 fully saturated rings. The van der Waals surface area contributed by atoms with Gasteiger partial charge in [-0.25, -0.2) is 0 Å². The van der Waals surface area contributed by atoms with Crippen molar-refractivity contribution in [1.82, 2.24) is 0 Å². The maximum Gasteiger partial charge on any atom is 0.0105 e. The van der Waals surface area contributed by atoms with Crippen molar-refractivity contribution in [3.63, 3.8) is 0 Å². The highest BCUT2D eigenvalue weighted by atomic mass is 14.3. The third-order valence-corrected chi connectivity index (χ3v) is 4.66. The largest absolute Gasteiger partial charge is 0.0803 e. The van der Waals surface area contributed by atoms with Crippen LogP contribution in [0.4, 0.5) is 0 Å². The first kappa shape index (κ1) is 11.5. The van der Waals surface area contributed by atoms with Gasteiger partial charge in [-0.05, 0) is 47.7 Å². The summed E-state index contributed by atoms with van der Waals surface area (Å²) in [7, 11) is 0. The van der Waals surface area contributed by atoms with Crippen molar-refractivity contribution in [3.05, 3.63) is 58.7 Å². The Kier molecular flexibility index (Phi) is 2.38. The number of aryl methyl sites for hydroxylation is 1. The lowest BCUT2D eigenvalue weighted by Crippen LogP contribution is -2.24. The first-order valence-electron chi connectivity index (χ1n) is 6.71. The number of benzene rings is 2. The van der Waals surface area contributed by atoms with E-state index in [1.165, 1.54) is 33.0 Å². The molecule has 2 aromatic carbocycles. The zero-order chi connectivity index (χ0) is 12.9. The zero-order valence-corrected chi connectivity index (χ0v) is 11.7. The van der Waals surface area contributed by atoms with Crippen LogP contribution in [0.15, 0.2) is 42.0 Å². The van der Waals surface area contributed by atoms with Crippen LogP contribution in [0.1, 0.15) is 37.5 Å². The minimum Gasteiger partial charge on any atom is -0.0803 e. The monoisotopic (exact) mass is 236 g/mol. The van der Waals surface area contributed by atoms with Crippen molar-refractivity contribution in [2.24, 2.45) is 0 Å². The Labute approximate surface area is 109 Å². The molecule has 1 aliphatic rings. The molecule has 3 rings (SSSR count). The molecule has 0 atom stereocenters. The molecular formula is C18H20. The quantitative estimate of drug-likeness (QED) is 0.569. The molecule has 0 N–H and O–H groups in total. The summed E-state index contributed by atoms with van der Waals surface area (Å²) in [6.45, 7) is 9.12. The van der Waals surface area contributed by atoms with Crippen LogP contribution in [0.3, 0.4) is 0 Å². The second-order valence-corrected chi connectivity index (χ2v) is 5.98. The predicted octanol–water partition coefficient (Wildman–Crippen LogP) is 4.93. The number of hydrogen-bond donors (Lipinski definition) is 0. The number of allylic oxidation sites excluding steroid dienone is 2. The molecule has 18 heavy (non-hydrogen) atoms. The Morgan fingerprint density at radius 2 is 1.72 bits per heavy atom. The van der Waals surface area contributed by atoms with E-state index in [9.17, 15) is 0 Å². The fraction of sp³-hybridized carbons (Fsp3) is 0.333. The van der Waals surface area contributed by atoms with Crippen LogP contribution in [0.5, 0.6) is 0 Å². The highest BCUT2D eigenvalue weighted by molar-refractivity contribution is 5.90. The predicted molar refractivity (Wildman–Crippen MR) is 79.2 cm³/mol. The van der Waals surface area contributed by atoms with Crippen LogP contribution in [-0.2, 0) is 11.8 Å². The molecule has 0 nitrogen and oxygen atoms in total. The van der Waals surface area contributed by atoms with Crippen molar-refractivity contribution in [2.45, 2.75) is 39.5 Å². The van der Waals surface area contributed by atoms with Gasteiger partial charge in [-0.1, -0.05) is 55.8 Å². The fourth-order valence-electron chi connectivity index (χ4n) is 3.11. The van der Waals surface area contributed by atoms with Crippen molar-refractivity contribution < 1.29 is 0 Å². The second-order valence-electron chi connectivity index (χ2n) is 5.98. The third-order valence-electron chi connectivity index (χ3n) is 4.66. The van der Waals surface area contributed by atoms with E-state index < -0.39 is 0 Å². The SMILES string of the molecule is CC1=CCc2c(ccc3c(C)cccc23)C1(C)C. The van der Waals surface area contributed by atoms with Gasteiger partial charge in [-0.15, -0.1) is 0 Å². The molecule has 0 amide bonds. The van der Waals surface area contributed by atoms with Crippen molar-refractivity contribution in [2.75, 3.05) is 0 Å². The lowest BCUT2D eigenvalue weighted by atomic mass is 9.71. The van der Waals surface area contributed by atoms with Gasteiger partial charge in [0.15, 0.2) is 0 Å². The Balaban J connectivity index is 2.38. The van der Waals surface area contributed by atoms with Gasteiger partial charge >= 0.3 is 0 Å². The zero-order valence-electron chi connectivity index (χ0n) is 11.7. The Hall–Kier alpha value is -1.56. The van der Waals surface area contributed by atoms with Gasteiger partial charge in [-0.3, -0.25) is 0 Å². The van der Waals surface area contributed by atoms with Crippen LogP contribution in [-0.4, -0.2) is 0 Å². The summed E-state index contributed by atoms with van der Waals surface area (Å²) in [5, 5.41) is 2.84. The van der Waals surface area contributed by atoms with E-state index in [-0.39, 0.29) is 5.41 Å². The average molecular weight is 236 g/mol. The van der Waals surface area contributed by atoms with Crippen molar-refractivity contribution in [3.8, 4) is 0 Å². The molecule has 0 saturated heterocycles. The van der Waals surface area contributed by atoms with Gasteiger partial charge < -0.3 is 0 Å². The van der Waals surface area contributed by atoms with E-state index in [0.717, 1.165) is 6.42 Å². The molecule has 0 bridgehead atoms. The molecule has 0 heterocycles. The number of hydrogen-bond acceptors (Lipinski definition) is 0. The number of rotatable bonds is 0. The van der Waals surface area contributed by atoms with Crippen LogP contribution in [0.2, 0.25) is 0 Å². The fourth-order valence-corrected chi connectivity index (χ4v) is 3.11. The standard InChI is InChI=1S/C18H20/c1-12-6-5-7-15-14(12)10-11-17-16(15)9-8-13(2)18(17,3)4/h5-8,10-11H,9H2,1-4H3. The topological polar surface area (TPSA) is 0 Å². The van der Waals surface area contributed by atoms with Gasteiger partial charge in [-0.2, -0.15) is 0 Å². The van der Waals surface area contributed by atoms with E-state index in [1.54, 1.807) is 0 Å². The van der Waals surface area contributed by atoms with E-state index in [2.05, 4.69) is 64.1 Å². The summed E-state index contributed by atoms with van der Waals surface area (Å²) in [5.41, 5.74) is 6.06. The molecule has 0 radical (unpaired) electrons. The average Bonchev–Trinajstić information content (AvgIpc) is 2.34. The molecule has 0 aliphatic heterocycles. The summed E-state index contributed by atoms with van der Waals surface area (Å²) in [6, 6.07) is 11.3. The lowest BCUT2D eigenvalue weighted by Gasteiger charge is -2.33. The van der Waals surface area contributed by atoms with E-state index in [4.69, 9.17) is 0 Å². The van der Waals surface area contributed by atoms with Gasteiger partial charge in [0, 0.05) is 5.41 Å². The summed E-state index contributed by atoms with van der Waals surface area (Å²) in [5.74, 6) is 0. The molecule has 1 aliphatic carbocycles. The maximum absolute atomic E-state index is 2.39. The lowest BCUT2D eigenvalue weighted by molar-refractivity contribution is 0.604. The van der Waals surface area contributed by atoms with Crippen LogP contribution in [0.25, 0.3) is 10.8 Å². The number of fused-ring (bicyclic) bond motifs is 3. The molecule has 92 valence electrons. The highest BCUT2D eigenvalue weighted by Gasteiger charge is 2.29. The van der Waals surface area contributed by atoms with Gasteiger partial charge in [0.25, 0.3) is 0 Å².